The van der Waals surface area contributed by atoms with Crippen molar-refractivity contribution in [2.75, 3.05) is 18.8 Å². The highest BCUT2D eigenvalue weighted by molar-refractivity contribution is 7.99. The molecular formula is C23H27N3O3S. The van der Waals surface area contributed by atoms with Crippen molar-refractivity contribution in [1.29, 1.82) is 0 Å². The number of imide groups is 1. The van der Waals surface area contributed by atoms with Gasteiger partial charge in [0.1, 0.15) is 12.1 Å². The predicted octanol–water partition coefficient (Wildman–Crippen LogP) is 3.49. The standard InChI is InChI=1S/C23H27N3O3S/c1-16(2)17-9-11-18(12-10-17)23(3)21(28)26(22(29)25-23)15-20(27)24-13-14-30-19-7-5-4-6-8-19/h4-12,16H,13-15H2,1-3H3,(H,24,27)(H,25,29)/t23-/m0/s1. The minimum Gasteiger partial charge on any atom is -0.354 e. The number of rotatable bonds is 8. The summed E-state index contributed by atoms with van der Waals surface area (Å²) in [6.07, 6.45) is 0. The fourth-order valence-corrected chi connectivity index (χ4v) is 4.10. The molecule has 2 N–H and O–H groups in total. The van der Waals surface area contributed by atoms with Crippen LogP contribution in [0.15, 0.2) is 59.5 Å². The van der Waals surface area contributed by atoms with Crippen molar-refractivity contribution < 1.29 is 14.4 Å². The summed E-state index contributed by atoms with van der Waals surface area (Å²) in [4.78, 5) is 39.8. The predicted molar refractivity (Wildman–Crippen MR) is 118 cm³/mol. The van der Waals surface area contributed by atoms with Crippen molar-refractivity contribution in [3.05, 3.63) is 65.7 Å². The Morgan fingerprint density at radius 2 is 1.77 bits per heavy atom. The second-order valence-corrected chi connectivity index (χ2v) is 8.90. The van der Waals surface area contributed by atoms with Crippen molar-refractivity contribution in [2.24, 2.45) is 0 Å². The molecule has 2 aromatic rings. The van der Waals surface area contributed by atoms with Crippen molar-refractivity contribution in [3.8, 4) is 0 Å². The van der Waals surface area contributed by atoms with E-state index in [1.807, 2.05) is 54.6 Å². The Morgan fingerprint density at radius 3 is 2.40 bits per heavy atom. The lowest BCUT2D eigenvalue weighted by atomic mass is 9.90. The molecule has 1 aliphatic rings. The minimum atomic E-state index is -1.17. The maximum Gasteiger partial charge on any atom is 0.325 e. The second-order valence-electron chi connectivity index (χ2n) is 7.73. The molecule has 6 nitrogen and oxygen atoms in total. The molecule has 0 bridgehead atoms. The zero-order chi connectivity index (χ0) is 21.7. The molecule has 158 valence electrons. The Balaban J connectivity index is 1.55. The largest absolute Gasteiger partial charge is 0.354 e. The van der Waals surface area contributed by atoms with Gasteiger partial charge in [0.05, 0.1) is 0 Å². The van der Waals surface area contributed by atoms with Crippen LogP contribution in [0.4, 0.5) is 4.79 Å². The van der Waals surface area contributed by atoms with Crippen LogP contribution in [0, 0.1) is 0 Å². The van der Waals surface area contributed by atoms with E-state index in [0.29, 0.717) is 23.8 Å². The van der Waals surface area contributed by atoms with Crippen LogP contribution < -0.4 is 10.6 Å². The van der Waals surface area contributed by atoms with Gasteiger partial charge in [-0.1, -0.05) is 56.3 Å². The number of nitrogens with one attached hydrogen (secondary N) is 2. The van der Waals surface area contributed by atoms with Crippen LogP contribution in [0.2, 0.25) is 0 Å². The van der Waals surface area contributed by atoms with E-state index in [1.54, 1.807) is 18.7 Å². The Morgan fingerprint density at radius 1 is 1.10 bits per heavy atom. The Bertz CT molecular complexity index is 915. The first-order chi connectivity index (χ1) is 14.3. The third kappa shape index (κ3) is 4.84. The van der Waals surface area contributed by atoms with Gasteiger partial charge in [0.2, 0.25) is 5.91 Å². The molecule has 0 aromatic heterocycles. The fraction of sp³-hybridized carbons (Fsp3) is 0.348. The second kappa shape index (κ2) is 9.34. The van der Waals surface area contributed by atoms with Crippen LogP contribution in [0.1, 0.15) is 37.8 Å². The first-order valence-corrected chi connectivity index (χ1v) is 11.0. The van der Waals surface area contributed by atoms with Gasteiger partial charge < -0.3 is 10.6 Å². The van der Waals surface area contributed by atoms with Gasteiger partial charge >= 0.3 is 6.03 Å². The summed E-state index contributed by atoms with van der Waals surface area (Å²) in [6, 6.07) is 17.0. The molecular weight excluding hydrogens is 398 g/mol. The van der Waals surface area contributed by atoms with Gasteiger partial charge in [-0.25, -0.2) is 4.79 Å². The number of thioether (sulfide) groups is 1. The number of benzene rings is 2. The highest BCUT2D eigenvalue weighted by atomic mass is 32.2. The molecule has 0 spiro atoms. The average molecular weight is 426 g/mol. The summed E-state index contributed by atoms with van der Waals surface area (Å²) >= 11 is 1.63. The quantitative estimate of drug-likeness (QED) is 0.386. The van der Waals surface area contributed by atoms with Gasteiger partial charge in [-0.05, 0) is 36.1 Å². The van der Waals surface area contributed by atoms with E-state index in [1.165, 1.54) is 0 Å². The molecule has 1 saturated heterocycles. The molecule has 30 heavy (non-hydrogen) atoms. The summed E-state index contributed by atoms with van der Waals surface area (Å²) in [5.41, 5.74) is 0.687. The smallest absolute Gasteiger partial charge is 0.325 e. The van der Waals surface area contributed by atoms with Crippen LogP contribution in [0.3, 0.4) is 0 Å². The lowest BCUT2D eigenvalue weighted by Gasteiger charge is -2.22. The maximum absolute atomic E-state index is 13.0. The first kappa shape index (κ1) is 21.9. The van der Waals surface area contributed by atoms with Crippen molar-refractivity contribution in [1.82, 2.24) is 15.5 Å². The SMILES string of the molecule is CC(C)c1ccc([C@]2(C)NC(=O)N(CC(=O)NCCSc3ccccc3)C2=O)cc1. The molecule has 0 saturated carbocycles. The molecule has 1 atom stereocenters. The van der Waals surface area contributed by atoms with Crippen molar-refractivity contribution >= 4 is 29.6 Å². The third-order valence-electron chi connectivity index (χ3n) is 5.17. The van der Waals surface area contributed by atoms with Gasteiger partial charge in [-0.2, -0.15) is 0 Å². The van der Waals surface area contributed by atoms with Gasteiger partial charge in [-0.3, -0.25) is 14.5 Å². The van der Waals surface area contributed by atoms with Crippen LogP contribution in [-0.2, 0) is 15.1 Å². The normalized spacial score (nSPS) is 18.6. The van der Waals surface area contributed by atoms with Crippen molar-refractivity contribution in [2.45, 2.75) is 37.1 Å². The molecule has 0 radical (unpaired) electrons. The van der Waals surface area contributed by atoms with Crippen LogP contribution in [0.25, 0.3) is 0 Å². The summed E-state index contributed by atoms with van der Waals surface area (Å²) in [7, 11) is 0. The van der Waals surface area contributed by atoms with E-state index in [2.05, 4.69) is 24.5 Å². The molecule has 0 aliphatic carbocycles. The molecule has 2 aromatic carbocycles. The number of carbonyl (C=O) groups excluding carboxylic acids is 3. The minimum absolute atomic E-state index is 0.291. The number of hydrogen-bond donors (Lipinski definition) is 2. The van der Waals surface area contributed by atoms with Gasteiger partial charge in [0.15, 0.2) is 0 Å². The Hall–Kier alpha value is -2.80. The average Bonchev–Trinajstić information content (AvgIpc) is 2.96. The lowest BCUT2D eigenvalue weighted by molar-refractivity contribution is -0.134. The number of carbonyl (C=O) groups is 3. The number of nitrogens with zero attached hydrogens (tertiary/aromatic N) is 1. The first-order valence-electron chi connectivity index (χ1n) is 10.0. The van der Waals surface area contributed by atoms with Gasteiger partial charge in [0, 0.05) is 17.2 Å². The van der Waals surface area contributed by atoms with E-state index in [4.69, 9.17) is 0 Å². The fourth-order valence-electron chi connectivity index (χ4n) is 3.31. The van der Waals surface area contributed by atoms with E-state index < -0.39 is 17.5 Å². The summed E-state index contributed by atoms with van der Waals surface area (Å²) in [6.45, 7) is 6.03. The molecule has 3 rings (SSSR count). The molecule has 7 heteroatoms. The third-order valence-corrected chi connectivity index (χ3v) is 6.18. The summed E-state index contributed by atoms with van der Waals surface area (Å²) in [5, 5.41) is 5.52. The molecule has 1 fully saturated rings. The van der Waals surface area contributed by atoms with E-state index in [-0.39, 0.29) is 12.5 Å². The number of hydrogen-bond acceptors (Lipinski definition) is 4. The highest BCUT2D eigenvalue weighted by Gasteiger charge is 2.49. The van der Waals surface area contributed by atoms with E-state index in [0.717, 1.165) is 15.4 Å². The Kier molecular flexibility index (Phi) is 6.82. The summed E-state index contributed by atoms with van der Waals surface area (Å²) in [5.74, 6) is 0.307. The zero-order valence-corrected chi connectivity index (χ0v) is 18.3. The van der Waals surface area contributed by atoms with Crippen LogP contribution in [0.5, 0.6) is 0 Å². The van der Waals surface area contributed by atoms with Crippen LogP contribution in [-0.4, -0.2) is 41.6 Å². The monoisotopic (exact) mass is 425 g/mol. The van der Waals surface area contributed by atoms with Crippen molar-refractivity contribution in [3.63, 3.8) is 0 Å². The molecule has 1 heterocycles. The topological polar surface area (TPSA) is 78.5 Å². The Labute approximate surface area is 181 Å². The van der Waals surface area contributed by atoms with Gasteiger partial charge in [0.25, 0.3) is 5.91 Å². The lowest BCUT2D eigenvalue weighted by Crippen LogP contribution is -2.43. The highest BCUT2D eigenvalue weighted by Crippen LogP contribution is 2.29. The zero-order valence-electron chi connectivity index (χ0n) is 17.5. The van der Waals surface area contributed by atoms with Gasteiger partial charge in [-0.15, -0.1) is 11.8 Å². The summed E-state index contributed by atoms with van der Waals surface area (Å²) < 4.78 is 0. The van der Waals surface area contributed by atoms with Crippen LogP contribution >= 0.6 is 11.8 Å². The van der Waals surface area contributed by atoms with E-state index >= 15 is 0 Å². The number of amides is 4. The molecule has 0 unspecified atom stereocenters. The number of urea groups is 1. The van der Waals surface area contributed by atoms with E-state index in [9.17, 15) is 14.4 Å². The maximum atomic E-state index is 13.0. The molecule has 1 aliphatic heterocycles. The molecule has 4 amide bonds.